The number of carbonyl (C=O) groups is 1. The summed E-state index contributed by atoms with van der Waals surface area (Å²) in [5.41, 5.74) is 1.77. The Bertz CT molecular complexity index is 979. The molecule has 25 heavy (non-hydrogen) atoms. The monoisotopic (exact) mass is 378 g/mol. The molecule has 2 aromatic heterocycles. The molecule has 1 N–H and O–H groups in total. The summed E-state index contributed by atoms with van der Waals surface area (Å²) < 4.78 is 2.42. The number of fused-ring (bicyclic) bond motifs is 1. The van der Waals surface area contributed by atoms with Crippen LogP contribution in [-0.4, -0.2) is 20.6 Å². The van der Waals surface area contributed by atoms with Gasteiger partial charge < -0.3 is 5.32 Å². The molecule has 9 heteroatoms. The van der Waals surface area contributed by atoms with Crippen LogP contribution < -0.4 is 5.32 Å². The van der Waals surface area contributed by atoms with Crippen LogP contribution >= 0.6 is 22.9 Å². The van der Waals surface area contributed by atoms with Crippen molar-refractivity contribution in [3.63, 3.8) is 0 Å². The molecule has 0 bridgehead atoms. The molecule has 3 rings (SSSR count). The van der Waals surface area contributed by atoms with Gasteiger partial charge in [0.2, 0.25) is 0 Å². The van der Waals surface area contributed by atoms with Crippen molar-refractivity contribution < 1.29 is 9.72 Å². The van der Waals surface area contributed by atoms with Crippen molar-refractivity contribution in [2.24, 2.45) is 0 Å². The maximum atomic E-state index is 12.5. The number of nitro benzene ring substituents is 1. The van der Waals surface area contributed by atoms with E-state index < -0.39 is 4.92 Å². The normalized spacial score (nSPS) is 11.0. The summed E-state index contributed by atoms with van der Waals surface area (Å²) in [5.74, 6) is -0.308. The molecule has 0 saturated heterocycles. The van der Waals surface area contributed by atoms with Crippen LogP contribution in [0.1, 0.15) is 27.9 Å². The number of benzene rings is 1. The van der Waals surface area contributed by atoms with E-state index in [2.05, 4.69) is 10.4 Å². The lowest BCUT2D eigenvalue weighted by Gasteiger charge is -2.02. The number of rotatable bonds is 5. The number of aryl methyl sites for hydroxylation is 2. The average Bonchev–Trinajstić information content (AvgIpc) is 3.12. The van der Waals surface area contributed by atoms with Gasteiger partial charge >= 0.3 is 0 Å². The number of carbonyl (C=O) groups excluding carboxylic acids is 1. The average molecular weight is 379 g/mol. The lowest BCUT2D eigenvalue weighted by Crippen LogP contribution is -2.22. The fourth-order valence-corrected chi connectivity index (χ4v) is 3.93. The summed E-state index contributed by atoms with van der Waals surface area (Å²) in [6, 6.07) is 4.38. The summed E-state index contributed by atoms with van der Waals surface area (Å²) in [4.78, 5) is 23.2. The molecule has 0 atom stereocenters. The summed E-state index contributed by atoms with van der Waals surface area (Å²) >= 11 is 7.43. The predicted octanol–water partition coefficient (Wildman–Crippen LogP) is 3.92. The number of amides is 1. The minimum atomic E-state index is -0.471. The van der Waals surface area contributed by atoms with Crippen LogP contribution in [0.15, 0.2) is 24.4 Å². The first-order valence-corrected chi connectivity index (χ1v) is 8.77. The molecule has 0 radical (unpaired) electrons. The zero-order chi connectivity index (χ0) is 18.1. The Kier molecular flexibility index (Phi) is 4.73. The van der Waals surface area contributed by atoms with E-state index in [-0.39, 0.29) is 11.6 Å². The molecule has 1 amide bonds. The first-order chi connectivity index (χ1) is 11.9. The highest BCUT2D eigenvalue weighted by Crippen LogP contribution is 2.37. The number of halogens is 1. The Morgan fingerprint density at radius 3 is 2.88 bits per heavy atom. The molecule has 0 aliphatic carbocycles. The SMILES string of the molecule is CCn1cc(CNC(=O)c2sc3cc([N+](=O)[O-])ccc3c2Cl)c(C)n1. The number of hydrogen-bond donors (Lipinski definition) is 1. The standard InChI is InChI=1S/C16H15ClN4O3S/c1-3-20-8-10(9(2)19-20)7-18-16(22)15-14(17)12-5-4-11(21(23)24)6-13(12)25-15/h4-6,8H,3,7H2,1-2H3,(H,18,22). The Morgan fingerprint density at radius 1 is 1.48 bits per heavy atom. The first-order valence-electron chi connectivity index (χ1n) is 7.58. The summed E-state index contributed by atoms with van der Waals surface area (Å²) in [6.45, 7) is 4.98. The highest BCUT2D eigenvalue weighted by Gasteiger charge is 2.19. The van der Waals surface area contributed by atoms with Gasteiger partial charge in [-0.15, -0.1) is 11.3 Å². The molecular formula is C16H15ClN4O3S. The second-order valence-corrected chi connectivity index (χ2v) is 6.89. The molecule has 130 valence electrons. The number of hydrogen-bond acceptors (Lipinski definition) is 5. The van der Waals surface area contributed by atoms with E-state index >= 15 is 0 Å². The van der Waals surface area contributed by atoms with E-state index in [1.165, 1.54) is 12.1 Å². The van der Waals surface area contributed by atoms with E-state index in [1.54, 1.807) is 6.07 Å². The Morgan fingerprint density at radius 2 is 2.24 bits per heavy atom. The molecular weight excluding hydrogens is 364 g/mol. The number of nitrogens with zero attached hydrogens (tertiary/aromatic N) is 3. The maximum Gasteiger partial charge on any atom is 0.270 e. The zero-order valence-electron chi connectivity index (χ0n) is 13.6. The van der Waals surface area contributed by atoms with Gasteiger partial charge in [0, 0.05) is 47.1 Å². The molecule has 3 aromatic rings. The molecule has 0 unspecified atom stereocenters. The largest absolute Gasteiger partial charge is 0.347 e. The van der Waals surface area contributed by atoms with Crippen LogP contribution in [0, 0.1) is 17.0 Å². The van der Waals surface area contributed by atoms with Crippen molar-refractivity contribution in [2.75, 3.05) is 0 Å². The fourth-order valence-electron chi connectivity index (χ4n) is 2.46. The lowest BCUT2D eigenvalue weighted by molar-refractivity contribution is -0.384. The maximum absolute atomic E-state index is 12.5. The summed E-state index contributed by atoms with van der Waals surface area (Å²) in [7, 11) is 0. The second-order valence-electron chi connectivity index (χ2n) is 5.46. The molecule has 0 spiro atoms. The Labute approximate surface area is 152 Å². The molecule has 7 nitrogen and oxygen atoms in total. The fraction of sp³-hybridized carbons (Fsp3) is 0.250. The van der Waals surface area contributed by atoms with Gasteiger partial charge in [-0.05, 0) is 19.9 Å². The number of nitro groups is 1. The molecule has 1 aromatic carbocycles. The van der Waals surface area contributed by atoms with Crippen LogP contribution in [-0.2, 0) is 13.1 Å². The third kappa shape index (κ3) is 3.35. The molecule has 0 fully saturated rings. The zero-order valence-corrected chi connectivity index (χ0v) is 15.1. The number of nitrogens with one attached hydrogen (secondary N) is 1. The van der Waals surface area contributed by atoms with Gasteiger partial charge in [0.05, 0.1) is 15.6 Å². The van der Waals surface area contributed by atoms with Gasteiger partial charge in [-0.25, -0.2) is 0 Å². The van der Waals surface area contributed by atoms with Crippen molar-refractivity contribution in [1.82, 2.24) is 15.1 Å². The molecule has 0 saturated carbocycles. The van der Waals surface area contributed by atoms with E-state index in [1.807, 2.05) is 24.7 Å². The molecule has 0 aliphatic heterocycles. The van der Waals surface area contributed by atoms with Crippen molar-refractivity contribution in [1.29, 1.82) is 0 Å². The topological polar surface area (TPSA) is 90.1 Å². The quantitative estimate of drug-likeness (QED) is 0.538. The van der Waals surface area contributed by atoms with Gasteiger partial charge in [0.15, 0.2) is 0 Å². The van der Waals surface area contributed by atoms with Crippen LogP contribution in [0.4, 0.5) is 5.69 Å². The van der Waals surface area contributed by atoms with Crippen LogP contribution in [0.5, 0.6) is 0 Å². The Hall–Kier alpha value is -2.45. The Balaban J connectivity index is 1.83. The first kappa shape index (κ1) is 17.4. The van der Waals surface area contributed by atoms with Gasteiger partial charge in [-0.3, -0.25) is 19.6 Å². The van der Waals surface area contributed by atoms with Crippen molar-refractivity contribution >= 4 is 44.6 Å². The van der Waals surface area contributed by atoms with E-state index in [0.29, 0.717) is 26.5 Å². The predicted molar refractivity (Wildman–Crippen MR) is 97.3 cm³/mol. The summed E-state index contributed by atoms with van der Waals surface area (Å²) in [5, 5.41) is 19.0. The van der Waals surface area contributed by atoms with Crippen LogP contribution in [0.25, 0.3) is 10.1 Å². The van der Waals surface area contributed by atoms with Crippen molar-refractivity contribution in [3.05, 3.63) is 55.7 Å². The van der Waals surface area contributed by atoms with Crippen LogP contribution in [0.3, 0.4) is 0 Å². The smallest absolute Gasteiger partial charge is 0.270 e. The second kappa shape index (κ2) is 6.81. The third-order valence-electron chi connectivity index (χ3n) is 3.84. The number of thiophene rings is 1. The highest BCUT2D eigenvalue weighted by atomic mass is 35.5. The highest BCUT2D eigenvalue weighted by molar-refractivity contribution is 7.21. The van der Waals surface area contributed by atoms with Crippen LogP contribution in [0.2, 0.25) is 5.02 Å². The summed E-state index contributed by atoms with van der Waals surface area (Å²) in [6.07, 6.45) is 1.89. The number of aromatic nitrogens is 2. The minimum Gasteiger partial charge on any atom is -0.347 e. The van der Waals surface area contributed by atoms with Gasteiger partial charge in [-0.1, -0.05) is 11.6 Å². The van der Waals surface area contributed by atoms with E-state index in [9.17, 15) is 14.9 Å². The molecule has 2 heterocycles. The third-order valence-corrected chi connectivity index (χ3v) is 5.50. The molecule has 0 aliphatic rings. The lowest BCUT2D eigenvalue weighted by atomic mass is 10.2. The van der Waals surface area contributed by atoms with E-state index in [0.717, 1.165) is 29.1 Å². The van der Waals surface area contributed by atoms with E-state index in [4.69, 9.17) is 11.6 Å². The number of non-ortho nitro benzene ring substituents is 1. The van der Waals surface area contributed by atoms with Gasteiger partial charge in [0.1, 0.15) is 4.88 Å². The van der Waals surface area contributed by atoms with Crippen molar-refractivity contribution in [2.45, 2.75) is 26.9 Å². The van der Waals surface area contributed by atoms with Crippen molar-refractivity contribution in [3.8, 4) is 0 Å². The minimum absolute atomic E-state index is 0.0278. The van der Waals surface area contributed by atoms with Gasteiger partial charge in [0.25, 0.3) is 11.6 Å². The van der Waals surface area contributed by atoms with Gasteiger partial charge in [-0.2, -0.15) is 5.10 Å².